The fourth-order valence-corrected chi connectivity index (χ4v) is 4.34. The lowest BCUT2D eigenvalue weighted by atomic mass is 9.85. The molecule has 1 aliphatic carbocycles. The van der Waals surface area contributed by atoms with Crippen LogP contribution in [0.4, 0.5) is 0 Å². The van der Waals surface area contributed by atoms with Crippen molar-refractivity contribution in [2.45, 2.75) is 37.5 Å². The summed E-state index contributed by atoms with van der Waals surface area (Å²) in [5, 5.41) is 18.6. The average Bonchev–Trinajstić information content (AvgIpc) is 3.30. The van der Waals surface area contributed by atoms with Crippen LogP contribution in [0.5, 0.6) is 0 Å². The van der Waals surface area contributed by atoms with E-state index in [0.29, 0.717) is 5.92 Å². The second kappa shape index (κ2) is 11.1. The van der Waals surface area contributed by atoms with E-state index >= 15 is 0 Å². The van der Waals surface area contributed by atoms with Gasteiger partial charge in [0.05, 0.1) is 5.92 Å². The molecule has 4 rings (SSSR count). The summed E-state index contributed by atoms with van der Waals surface area (Å²) >= 11 is 0. The maximum atomic E-state index is 11.3. The topological polar surface area (TPSA) is 74.6 Å². The largest absolute Gasteiger partial charge is 0.481 e. The Morgan fingerprint density at radius 3 is 1.35 bits per heavy atom. The second-order valence-corrected chi connectivity index (χ2v) is 7.86. The Labute approximate surface area is 183 Å². The first-order chi connectivity index (χ1) is 15.1. The number of carboxylic acid groups (broad SMARTS) is 2. The highest BCUT2D eigenvalue weighted by atomic mass is 16.4. The van der Waals surface area contributed by atoms with Crippen molar-refractivity contribution in [1.29, 1.82) is 0 Å². The summed E-state index contributed by atoms with van der Waals surface area (Å²) in [6.45, 7) is 0. The predicted octanol–water partition coefficient (Wildman–Crippen LogP) is 5.95. The fourth-order valence-electron chi connectivity index (χ4n) is 4.34. The van der Waals surface area contributed by atoms with Gasteiger partial charge in [0.2, 0.25) is 0 Å². The van der Waals surface area contributed by atoms with Crippen molar-refractivity contribution in [2.75, 3.05) is 0 Å². The van der Waals surface area contributed by atoms with Crippen molar-refractivity contribution in [3.8, 4) is 0 Å². The molecule has 1 aliphatic rings. The first-order valence-electron chi connectivity index (χ1n) is 10.7. The quantitative estimate of drug-likeness (QED) is 0.521. The number of carbonyl (C=O) groups is 2. The van der Waals surface area contributed by atoms with Crippen LogP contribution >= 0.6 is 0 Å². The van der Waals surface area contributed by atoms with E-state index in [9.17, 15) is 19.8 Å². The van der Waals surface area contributed by atoms with Crippen LogP contribution in [0.2, 0.25) is 0 Å². The standard InChI is InChI=1S/C14H12O2.C13H16O2/c15-14(16)13(11-7-3-1-4-8-11)12-9-5-2-6-10-12;14-13(15)12(11-8-4-5-9-11)10-6-2-1-3-7-10/h1-10,13H,(H,15,16);1-3,6-7,11-12H,4-5,8-9H2,(H,14,15). The number of hydrogen-bond acceptors (Lipinski definition) is 2. The first-order valence-corrected chi connectivity index (χ1v) is 10.7. The molecule has 0 amide bonds. The van der Waals surface area contributed by atoms with Crippen LogP contribution in [-0.4, -0.2) is 22.2 Å². The third-order valence-corrected chi connectivity index (χ3v) is 5.81. The molecule has 0 aromatic heterocycles. The zero-order valence-corrected chi connectivity index (χ0v) is 17.4. The van der Waals surface area contributed by atoms with Gasteiger partial charge in [-0.2, -0.15) is 0 Å². The van der Waals surface area contributed by atoms with E-state index in [-0.39, 0.29) is 5.92 Å². The van der Waals surface area contributed by atoms with E-state index < -0.39 is 17.9 Å². The lowest BCUT2D eigenvalue weighted by molar-refractivity contribution is -0.140. The van der Waals surface area contributed by atoms with Gasteiger partial charge < -0.3 is 10.2 Å². The summed E-state index contributed by atoms with van der Waals surface area (Å²) in [7, 11) is 0. The molecule has 1 atom stereocenters. The smallest absolute Gasteiger partial charge is 0.315 e. The molecule has 31 heavy (non-hydrogen) atoms. The van der Waals surface area contributed by atoms with Crippen molar-refractivity contribution in [3.05, 3.63) is 108 Å². The Kier molecular flexibility index (Phi) is 7.99. The summed E-state index contributed by atoms with van der Waals surface area (Å²) in [6, 6.07) is 28.2. The maximum Gasteiger partial charge on any atom is 0.315 e. The van der Waals surface area contributed by atoms with E-state index in [2.05, 4.69) is 0 Å². The molecule has 1 unspecified atom stereocenters. The molecule has 0 saturated heterocycles. The van der Waals surface area contributed by atoms with Crippen molar-refractivity contribution in [2.24, 2.45) is 5.92 Å². The van der Waals surface area contributed by atoms with Crippen molar-refractivity contribution in [3.63, 3.8) is 0 Å². The summed E-state index contributed by atoms with van der Waals surface area (Å²) in [5.74, 6) is -2.04. The van der Waals surface area contributed by atoms with Gasteiger partial charge in [-0.05, 0) is 35.4 Å². The van der Waals surface area contributed by atoms with Crippen LogP contribution in [0.1, 0.15) is 54.2 Å². The lowest BCUT2D eigenvalue weighted by Gasteiger charge is -2.19. The minimum absolute atomic E-state index is 0.298. The molecule has 4 heteroatoms. The third-order valence-electron chi connectivity index (χ3n) is 5.81. The number of benzene rings is 3. The number of rotatable bonds is 6. The van der Waals surface area contributed by atoms with Gasteiger partial charge in [-0.1, -0.05) is 104 Å². The summed E-state index contributed by atoms with van der Waals surface area (Å²) in [4.78, 5) is 22.6. The SMILES string of the molecule is O=C(O)C(c1ccccc1)C1CCCC1.O=C(O)C(c1ccccc1)c1ccccc1. The highest BCUT2D eigenvalue weighted by Gasteiger charge is 2.31. The van der Waals surface area contributed by atoms with Gasteiger partial charge in [0.1, 0.15) is 5.92 Å². The zero-order chi connectivity index (χ0) is 22.1. The van der Waals surface area contributed by atoms with Crippen molar-refractivity contribution in [1.82, 2.24) is 0 Å². The molecule has 0 radical (unpaired) electrons. The van der Waals surface area contributed by atoms with Crippen LogP contribution in [0.25, 0.3) is 0 Å². The molecule has 3 aromatic rings. The lowest BCUT2D eigenvalue weighted by Crippen LogP contribution is -2.19. The third kappa shape index (κ3) is 6.05. The molecule has 0 heterocycles. The Morgan fingerprint density at radius 2 is 1.00 bits per heavy atom. The number of hydrogen-bond donors (Lipinski definition) is 2. The predicted molar refractivity (Wildman–Crippen MR) is 121 cm³/mol. The molecular weight excluding hydrogens is 388 g/mol. The van der Waals surface area contributed by atoms with E-state index in [4.69, 9.17) is 0 Å². The molecular formula is C27H28O4. The van der Waals surface area contributed by atoms with E-state index in [0.717, 1.165) is 29.5 Å². The molecule has 160 valence electrons. The highest BCUT2D eigenvalue weighted by molar-refractivity contribution is 5.80. The van der Waals surface area contributed by atoms with E-state index in [1.165, 1.54) is 12.8 Å². The van der Waals surface area contributed by atoms with Gasteiger partial charge in [0.15, 0.2) is 0 Å². The summed E-state index contributed by atoms with van der Waals surface area (Å²) in [5.41, 5.74) is 2.57. The minimum atomic E-state index is -0.822. The molecule has 1 fully saturated rings. The Hall–Kier alpha value is -3.40. The Bertz CT molecular complexity index is 909. The minimum Gasteiger partial charge on any atom is -0.481 e. The molecule has 0 spiro atoms. The molecule has 0 aliphatic heterocycles. The van der Waals surface area contributed by atoms with Crippen LogP contribution < -0.4 is 0 Å². The van der Waals surface area contributed by atoms with Crippen molar-refractivity contribution < 1.29 is 19.8 Å². The molecule has 1 saturated carbocycles. The molecule has 3 aromatic carbocycles. The molecule has 2 N–H and O–H groups in total. The van der Waals surface area contributed by atoms with Crippen LogP contribution in [0, 0.1) is 5.92 Å². The van der Waals surface area contributed by atoms with Gasteiger partial charge in [0, 0.05) is 0 Å². The Morgan fingerprint density at radius 1 is 0.613 bits per heavy atom. The normalized spacial score (nSPS) is 14.5. The monoisotopic (exact) mass is 416 g/mol. The first kappa shape index (κ1) is 22.3. The van der Waals surface area contributed by atoms with Crippen molar-refractivity contribution >= 4 is 11.9 Å². The second-order valence-electron chi connectivity index (χ2n) is 7.86. The summed E-state index contributed by atoms with van der Waals surface area (Å²) in [6.07, 6.45) is 4.49. The Balaban J connectivity index is 0.000000176. The zero-order valence-electron chi connectivity index (χ0n) is 17.4. The van der Waals surface area contributed by atoms with Gasteiger partial charge in [-0.3, -0.25) is 9.59 Å². The summed E-state index contributed by atoms with van der Waals surface area (Å²) < 4.78 is 0. The van der Waals surface area contributed by atoms with Gasteiger partial charge in [0.25, 0.3) is 0 Å². The molecule has 4 nitrogen and oxygen atoms in total. The van der Waals surface area contributed by atoms with Gasteiger partial charge in [-0.15, -0.1) is 0 Å². The van der Waals surface area contributed by atoms with Crippen LogP contribution in [0.15, 0.2) is 91.0 Å². The van der Waals surface area contributed by atoms with Crippen LogP contribution in [-0.2, 0) is 9.59 Å². The average molecular weight is 417 g/mol. The fraction of sp³-hybridized carbons (Fsp3) is 0.259. The highest BCUT2D eigenvalue weighted by Crippen LogP contribution is 2.37. The van der Waals surface area contributed by atoms with Crippen LogP contribution in [0.3, 0.4) is 0 Å². The molecule has 0 bridgehead atoms. The number of aliphatic carboxylic acids is 2. The van der Waals surface area contributed by atoms with E-state index in [1.54, 1.807) is 0 Å². The van der Waals surface area contributed by atoms with Gasteiger partial charge in [-0.25, -0.2) is 0 Å². The maximum absolute atomic E-state index is 11.3. The van der Waals surface area contributed by atoms with Gasteiger partial charge >= 0.3 is 11.9 Å². The van der Waals surface area contributed by atoms with E-state index in [1.807, 2.05) is 91.0 Å². The number of carboxylic acids is 2.